The molecular weight excluding hydrogens is 520 g/mol. The van der Waals surface area contributed by atoms with Gasteiger partial charge >= 0.3 is 7.60 Å². The Morgan fingerprint density at radius 1 is 0.771 bits per heavy atom. The standard InChI is InChI=1S/C27H20Cl2NO3PS/c28-20-12-14-23-25(17-20)35-26-18-21(29)13-15-24(26)33-34(31,32-23)27(30-22-9-5-2-6-10-22)16-11-19-7-3-1-4-8-19/h1-18,27,30H/b16-11+. The summed E-state index contributed by atoms with van der Waals surface area (Å²) in [7, 11) is -3.89. The fourth-order valence-electron chi connectivity index (χ4n) is 3.50. The minimum atomic E-state index is -3.89. The molecule has 1 heterocycles. The van der Waals surface area contributed by atoms with Gasteiger partial charge < -0.3 is 14.4 Å². The van der Waals surface area contributed by atoms with Crippen LogP contribution in [-0.2, 0) is 4.57 Å². The van der Waals surface area contributed by atoms with Crippen LogP contribution in [0, 0.1) is 0 Å². The highest BCUT2D eigenvalue weighted by Crippen LogP contribution is 2.59. The van der Waals surface area contributed by atoms with Crippen molar-refractivity contribution in [2.24, 2.45) is 0 Å². The molecule has 0 amide bonds. The van der Waals surface area contributed by atoms with E-state index in [1.165, 1.54) is 11.8 Å². The fourth-order valence-corrected chi connectivity index (χ4v) is 6.86. The average molecular weight is 540 g/mol. The first kappa shape index (κ1) is 23.9. The Labute approximate surface area is 218 Å². The highest BCUT2D eigenvalue weighted by Gasteiger charge is 2.40. The molecule has 176 valence electrons. The van der Waals surface area contributed by atoms with Gasteiger partial charge in [-0.15, -0.1) is 0 Å². The van der Waals surface area contributed by atoms with E-state index < -0.39 is 13.4 Å². The van der Waals surface area contributed by atoms with Crippen LogP contribution >= 0.6 is 42.6 Å². The zero-order valence-electron chi connectivity index (χ0n) is 18.3. The van der Waals surface area contributed by atoms with E-state index in [0.29, 0.717) is 21.5 Å². The Morgan fingerprint density at radius 3 is 1.89 bits per heavy atom. The number of hydrogen-bond donors (Lipinski definition) is 1. The van der Waals surface area contributed by atoms with Crippen molar-refractivity contribution in [1.29, 1.82) is 0 Å². The summed E-state index contributed by atoms with van der Waals surface area (Å²) in [5.41, 5.74) is 1.74. The summed E-state index contributed by atoms with van der Waals surface area (Å²) >= 11 is 13.9. The number of hydrogen-bond acceptors (Lipinski definition) is 5. The van der Waals surface area contributed by atoms with Crippen LogP contribution in [0.15, 0.2) is 113 Å². The Balaban J connectivity index is 1.62. The minimum Gasteiger partial charge on any atom is -0.413 e. The predicted octanol–water partition coefficient (Wildman–Crippen LogP) is 9.26. The molecule has 4 nitrogen and oxygen atoms in total. The highest BCUT2D eigenvalue weighted by atomic mass is 35.5. The van der Waals surface area contributed by atoms with Gasteiger partial charge in [0.2, 0.25) is 0 Å². The van der Waals surface area contributed by atoms with Crippen molar-refractivity contribution < 1.29 is 13.6 Å². The van der Waals surface area contributed by atoms with Gasteiger partial charge in [-0.05, 0) is 60.2 Å². The van der Waals surface area contributed by atoms with E-state index in [-0.39, 0.29) is 0 Å². The molecule has 5 rings (SSSR count). The van der Waals surface area contributed by atoms with Gasteiger partial charge in [0.05, 0.1) is 9.79 Å². The molecule has 1 N–H and O–H groups in total. The molecule has 4 aromatic carbocycles. The second kappa shape index (κ2) is 10.4. The summed E-state index contributed by atoms with van der Waals surface area (Å²) in [5.74, 6) is 0.0305. The summed E-state index contributed by atoms with van der Waals surface area (Å²) in [4.78, 5) is 1.44. The van der Waals surface area contributed by atoms with E-state index in [0.717, 1.165) is 21.0 Å². The number of anilines is 1. The molecule has 4 aromatic rings. The lowest BCUT2D eigenvalue weighted by atomic mass is 10.2. The fraction of sp³-hybridized carbons (Fsp3) is 0.0370. The lowest BCUT2D eigenvalue weighted by molar-refractivity contribution is 0.373. The lowest BCUT2D eigenvalue weighted by Crippen LogP contribution is -2.24. The van der Waals surface area contributed by atoms with Crippen LogP contribution in [0.3, 0.4) is 0 Å². The normalized spacial score (nSPS) is 15.0. The number of benzene rings is 4. The molecule has 0 radical (unpaired) electrons. The quantitative estimate of drug-likeness (QED) is 0.256. The molecule has 1 atom stereocenters. The number of rotatable bonds is 5. The van der Waals surface area contributed by atoms with Gasteiger partial charge in [-0.3, -0.25) is 0 Å². The van der Waals surface area contributed by atoms with Crippen molar-refractivity contribution in [1.82, 2.24) is 0 Å². The van der Waals surface area contributed by atoms with Crippen molar-refractivity contribution in [3.8, 4) is 11.5 Å². The molecule has 0 spiro atoms. The largest absolute Gasteiger partial charge is 0.456 e. The maximum Gasteiger partial charge on any atom is 0.456 e. The van der Waals surface area contributed by atoms with Gasteiger partial charge in [-0.1, -0.05) is 89.6 Å². The molecule has 0 aromatic heterocycles. The van der Waals surface area contributed by atoms with Crippen LogP contribution in [0.4, 0.5) is 5.69 Å². The lowest BCUT2D eigenvalue weighted by Gasteiger charge is -2.30. The first-order valence-corrected chi connectivity index (χ1v) is 14.0. The van der Waals surface area contributed by atoms with E-state index in [1.54, 1.807) is 36.4 Å². The van der Waals surface area contributed by atoms with Gasteiger partial charge in [-0.25, -0.2) is 4.57 Å². The zero-order valence-corrected chi connectivity index (χ0v) is 21.5. The second-order valence-corrected chi connectivity index (χ2v) is 11.7. The van der Waals surface area contributed by atoms with Crippen LogP contribution < -0.4 is 14.4 Å². The van der Waals surface area contributed by atoms with Crippen molar-refractivity contribution in [2.75, 3.05) is 5.32 Å². The third kappa shape index (κ3) is 5.71. The van der Waals surface area contributed by atoms with Crippen molar-refractivity contribution in [3.63, 3.8) is 0 Å². The number of halogens is 2. The van der Waals surface area contributed by atoms with E-state index in [1.807, 2.05) is 72.8 Å². The third-order valence-corrected chi connectivity index (χ3v) is 8.62. The van der Waals surface area contributed by atoms with Crippen molar-refractivity contribution in [2.45, 2.75) is 15.6 Å². The molecule has 1 unspecified atom stereocenters. The smallest absolute Gasteiger partial charge is 0.413 e. The Morgan fingerprint density at radius 2 is 1.31 bits per heavy atom. The predicted molar refractivity (Wildman–Crippen MR) is 145 cm³/mol. The van der Waals surface area contributed by atoms with Crippen LogP contribution in [0.2, 0.25) is 10.0 Å². The molecule has 0 saturated carbocycles. The molecule has 1 aliphatic rings. The molecule has 0 aliphatic carbocycles. The van der Waals surface area contributed by atoms with Crippen LogP contribution in [0.25, 0.3) is 6.08 Å². The number of nitrogens with one attached hydrogen (secondary N) is 1. The molecule has 8 heteroatoms. The molecule has 35 heavy (non-hydrogen) atoms. The minimum absolute atomic E-state index is 0.418. The van der Waals surface area contributed by atoms with E-state index in [9.17, 15) is 4.57 Å². The molecule has 0 bridgehead atoms. The third-order valence-electron chi connectivity index (χ3n) is 5.18. The summed E-state index contributed by atoms with van der Waals surface area (Å²) in [5, 5.41) is 4.42. The van der Waals surface area contributed by atoms with Gasteiger partial charge in [0.1, 0.15) is 11.5 Å². The molecular formula is C27H20Cl2NO3PS. The van der Waals surface area contributed by atoms with E-state index >= 15 is 0 Å². The van der Waals surface area contributed by atoms with Gasteiger partial charge in [0.25, 0.3) is 0 Å². The topological polar surface area (TPSA) is 47.6 Å². The maximum atomic E-state index is 14.6. The van der Waals surface area contributed by atoms with E-state index in [2.05, 4.69) is 5.32 Å². The summed E-state index contributed by atoms with van der Waals surface area (Å²) < 4.78 is 27.0. The second-order valence-electron chi connectivity index (χ2n) is 7.73. The number of para-hydroxylation sites is 1. The van der Waals surface area contributed by atoms with Gasteiger partial charge in [0, 0.05) is 15.7 Å². The highest BCUT2D eigenvalue weighted by molar-refractivity contribution is 7.99. The van der Waals surface area contributed by atoms with Gasteiger partial charge in [0.15, 0.2) is 5.78 Å². The Bertz CT molecular complexity index is 1360. The van der Waals surface area contributed by atoms with Crippen molar-refractivity contribution >= 4 is 54.3 Å². The van der Waals surface area contributed by atoms with Crippen LogP contribution in [-0.4, -0.2) is 5.78 Å². The van der Waals surface area contributed by atoms with Crippen LogP contribution in [0.5, 0.6) is 11.5 Å². The SMILES string of the molecule is O=P1(C(/C=C/c2ccccc2)Nc2ccccc2)Oc2ccc(Cl)cc2Sc2cc(Cl)ccc2O1. The number of fused-ring (bicyclic) bond motifs is 2. The molecule has 1 aliphatic heterocycles. The molecule has 0 saturated heterocycles. The summed E-state index contributed by atoms with van der Waals surface area (Å²) in [6.45, 7) is 0. The molecule has 0 fully saturated rings. The Hall–Kier alpha value is -2.82. The maximum absolute atomic E-state index is 14.6. The average Bonchev–Trinajstić information content (AvgIpc) is 2.85. The monoisotopic (exact) mass is 539 g/mol. The van der Waals surface area contributed by atoms with Crippen LogP contribution in [0.1, 0.15) is 5.56 Å². The zero-order chi connectivity index (χ0) is 24.3. The van der Waals surface area contributed by atoms with E-state index in [4.69, 9.17) is 32.2 Å². The van der Waals surface area contributed by atoms with Crippen molar-refractivity contribution in [3.05, 3.63) is 119 Å². The summed E-state index contributed by atoms with van der Waals surface area (Å²) in [6, 6.07) is 29.7. The summed E-state index contributed by atoms with van der Waals surface area (Å²) in [6.07, 6.45) is 3.70. The first-order valence-electron chi connectivity index (χ1n) is 10.8. The first-order chi connectivity index (χ1) is 17.0. The Kier molecular flexibility index (Phi) is 7.12. The van der Waals surface area contributed by atoms with Gasteiger partial charge in [-0.2, -0.15) is 0 Å².